The van der Waals surface area contributed by atoms with Crippen LogP contribution in [-0.2, 0) is 142 Å². The van der Waals surface area contributed by atoms with E-state index in [0.29, 0.717) is 277 Å². The molecule has 0 aliphatic heterocycles. The number of methoxy groups -OCH3 is 1. The van der Waals surface area contributed by atoms with Gasteiger partial charge in [0, 0.05) is 45.9 Å². The highest BCUT2D eigenvalue weighted by Gasteiger charge is 2.34. The van der Waals surface area contributed by atoms with Gasteiger partial charge in [0.25, 0.3) is 0 Å². The highest BCUT2D eigenvalue weighted by atomic mass is 16.6. The van der Waals surface area contributed by atoms with Crippen LogP contribution in [0.3, 0.4) is 0 Å². The molecule has 0 aromatic heterocycles. The first-order chi connectivity index (χ1) is 48.2. The fraction of sp³-hybridized carbons (Fsp3) is 0.937. The van der Waals surface area contributed by atoms with E-state index in [1.807, 2.05) is 0 Å². The molecule has 0 aromatic carbocycles. The van der Waals surface area contributed by atoms with Crippen LogP contribution in [0.1, 0.15) is 25.7 Å². The van der Waals surface area contributed by atoms with Crippen molar-refractivity contribution in [3.8, 4) is 0 Å². The Morgan fingerprint density at radius 1 is 0.245 bits per heavy atom. The first-order valence-electron chi connectivity index (χ1n) is 34.0. The molecule has 0 heterocycles. The monoisotopic (exact) mass is 1430 g/mol. The second-order valence-corrected chi connectivity index (χ2v) is 20.5. The lowest BCUT2D eigenvalue weighted by atomic mass is 10.0. The van der Waals surface area contributed by atoms with E-state index in [1.165, 1.54) is 0 Å². The lowest BCUT2D eigenvalue weighted by Gasteiger charge is -2.34. The number of carbonyl (C=O) groups excluding carboxylic acids is 4. The average molecular weight is 1430 g/mol. The van der Waals surface area contributed by atoms with Crippen molar-refractivity contribution in [2.45, 2.75) is 31.2 Å². The largest absolute Gasteiger partial charge is 0.382 e. The summed E-state index contributed by atoms with van der Waals surface area (Å²) in [7, 11) is 1.63. The van der Waals surface area contributed by atoms with Crippen molar-refractivity contribution >= 4 is 23.6 Å². The molecule has 0 aliphatic carbocycles. The minimum Gasteiger partial charge on any atom is -0.382 e. The Labute approximate surface area is 580 Å². The lowest BCUT2D eigenvalue weighted by Crippen LogP contribution is -2.59. The minimum absolute atomic E-state index is 0.000196. The van der Waals surface area contributed by atoms with Crippen molar-refractivity contribution in [3.63, 3.8) is 0 Å². The zero-order valence-corrected chi connectivity index (χ0v) is 58.8. The normalized spacial score (nSPS) is 11.7. The van der Waals surface area contributed by atoms with Gasteiger partial charge in [0.15, 0.2) is 0 Å². The molecule has 0 atom stereocenters. The lowest BCUT2D eigenvalue weighted by molar-refractivity contribution is -0.131. The van der Waals surface area contributed by atoms with Crippen LogP contribution in [0.5, 0.6) is 0 Å². The summed E-state index contributed by atoms with van der Waals surface area (Å²) in [5, 5.41) is 5.68. The quantitative estimate of drug-likeness (QED) is 0.0393. The van der Waals surface area contributed by atoms with Crippen molar-refractivity contribution in [1.82, 2.24) is 10.6 Å². The molecule has 0 saturated heterocycles. The second-order valence-electron chi connectivity index (χ2n) is 20.5. The topological polar surface area (TPSA) is 410 Å². The molecule has 582 valence electrons. The molecule has 8 N–H and O–H groups in total. The summed E-state index contributed by atoms with van der Waals surface area (Å²) in [4.78, 5) is 48.7. The molecule has 0 aliphatic rings. The Morgan fingerprint density at radius 3 is 0.673 bits per heavy atom. The van der Waals surface area contributed by atoms with Crippen molar-refractivity contribution < 1.29 is 142 Å². The zero-order valence-electron chi connectivity index (χ0n) is 58.8. The van der Waals surface area contributed by atoms with Crippen LogP contribution in [0.2, 0.25) is 0 Å². The minimum atomic E-state index is -1.29. The van der Waals surface area contributed by atoms with Crippen LogP contribution in [-0.4, -0.2) is 386 Å². The summed E-state index contributed by atoms with van der Waals surface area (Å²) >= 11 is 0. The van der Waals surface area contributed by atoms with E-state index in [4.69, 9.17) is 140 Å². The number of nitrogens with one attached hydrogen (secondary N) is 2. The molecule has 0 aromatic rings. The molecule has 35 heteroatoms. The van der Waals surface area contributed by atoms with Gasteiger partial charge in [-0.15, -0.1) is 0 Å². The molecular formula is C63H125N5O30. The number of primary amides is 2. The first kappa shape index (κ1) is 94.8. The van der Waals surface area contributed by atoms with Gasteiger partial charge in [0.1, 0.15) is 5.54 Å². The fourth-order valence-corrected chi connectivity index (χ4v) is 7.25. The van der Waals surface area contributed by atoms with Gasteiger partial charge >= 0.3 is 0 Å². The summed E-state index contributed by atoms with van der Waals surface area (Å²) in [5.74, 6) is -1.85. The third-order valence-corrected chi connectivity index (χ3v) is 12.2. The molecule has 0 saturated carbocycles. The van der Waals surface area contributed by atoms with E-state index in [9.17, 15) is 19.2 Å². The Hall–Kier alpha value is -3.20. The van der Waals surface area contributed by atoms with Crippen LogP contribution < -0.4 is 27.8 Å². The molecular weight excluding hydrogens is 1310 g/mol. The van der Waals surface area contributed by atoms with Crippen molar-refractivity contribution in [2.24, 2.45) is 17.2 Å². The molecule has 4 amide bonds. The third-order valence-electron chi connectivity index (χ3n) is 12.2. The van der Waals surface area contributed by atoms with Crippen LogP contribution in [0.15, 0.2) is 0 Å². The number of amides is 4. The number of rotatable bonds is 87. The summed E-state index contributed by atoms with van der Waals surface area (Å²) < 4.78 is 143. The fourth-order valence-electron chi connectivity index (χ4n) is 7.25. The van der Waals surface area contributed by atoms with E-state index in [-0.39, 0.29) is 104 Å². The summed E-state index contributed by atoms with van der Waals surface area (Å²) in [6.45, 7) is 19.8. The van der Waals surface area contributed by atoms with Crippen molar-refractivity contribution in [3.05, 3.63) is 0 Å². The highest BCUT2D eigenvalue weighted by molar-refractivity contribution is 5.77. The highest BCUT2D eigenvalue weighted by Crippen LogP contribution is 2.11. The van der Waals surface area contributed by atoms with Gasteiger partial charge in [-0.25, -0.2) is 0 Å². The van der Waals surface area contributed by atoms with E-state index < -0.39 is 23.3 Å². The molecule has 35 nitrogen and oxygen atoms in total. The molecule has 0 spiro atoms. The third kappa shape index (κ3) is 78.5. The van der Waals surface area contributed by atoms with Gasteiger partial charge in [0.2, 0.25) is 23.6 Å². The smallest absolute Gasteiger partial charge is 0.222 e. The summed E-state index contributed by atoms with van der Waals surface area (Å²) in [5.41, 5.74) is 14.7. The van der Waals surface area contributed by atoms with Crippen LogP contribution in [0.25, 0.3) is 0 Å². The van der Waals surface area contributed by atoms with Gasteiger partial charge < -0.3 is 151 Å². The summed E-state index contributed by atoms with van der Waals surface area (Å²) in [6, 6.07) is 0. The summed E-state index contributed by atoms with van der Waals surface area (Å²) in [6.07, 6.45) is -0.173. The second kappa shape index (κ2) is 81.1. The van der Waals surface area contributed by atoms with Crippen LogP contribution >= 0.6 is 0 Å². The Kier molecular flexibility index (Phi) is 78.5. The number of nitrogens with two attached hydrogens (primary N) is 3. The predicted octanol–water partition coefficient (Wildman–Crippen LogP) is -2.49. The number of carbonyl (C=O) groups is 4. The van der Waals surface area contributed by atoms with Crippen LogP contribution in [0, 0.1) is 0 Å². The standard InChI is InChI=1S/C63H125N5O30/c1-73-14-15-77-22-23-81-30-31-85-38-39-89-46-47-93-53-50-92-45-42-88-37-34-84-29-26-80-21-18-76-13-7-67-61(71)4-11-98-58-63(56-96-8-2-59(65)69,57-97-9-3-60(66)70)68-62(72)5-10-74-16-19-78-24-27-82-32-35-86-40-43-90-48-51-94-54-55-95-52-49-91-44-41-87-36-33-83-28-25-79-20-17-75-12-6-64/h2-58,64H2,1H3,(H2,65,69)(H2,66,70)(H,67,71)(H,68,72). The predicted molar refractivity (Wildman–Crippen MR) is 352 cm³/mol. The van der Waals surface area contributed by atoms with E-state index >= 15 is 0 Å². The Bertz CT molecular complexity index is 1650. The zero-order chi connectivity index (χ0) is 70.9. The average Bonchev–Trinajstić information content (AvgIpc) is 0.898. The maximum atomic E-state index is 13.3. The van der Waals surface area contributed by atoms with E-state index in [2.05, 4.69) is 10.6 Å². The van der Waals surface area contributed by atoms with Crippen molar-refractivity contribution in [1.29, 1.82) is 0 Å². The number of hydrogen-bond donors (Lipinski definition) is 5. The molecule has 0 unspecified atom stereocenters. The molecule has 0 rings (SSSR count). The number of hydrogen-bond acceptors (Lipinski definition) is 31. The maximum absolute atomic E-state index is 13.3. The van der Waals surface area contributed by atoms with Gasteiger partial charge in [-0.3, -0.25) is 19.2 Å². The molecule has 0 bridgehead atoms. The number of ether oxygens (including phenoxy) is 26. The molecule has 0 fully saturated rings. The molecule has 98 heavy (non-hydrogen) atoms. The molecule has 0 radical (unpaired) electrons. The maximum Gasteiger partial charge on any atom is 0.222 e. The Balaban J connectivity index is 3.99. The van der Waals surface area contributed by atoms with E-state index in [1.54, 1.807) is 7.11 Å². The first-order valence-corrected chi connectivity index (χ1v) is 34.0. The van der Waals surface area contributed by atoms with Gasteiger partial charge in [-0.2, -0.15) is 0 Å². The van der Waals surface area contributed by atoms with Crippen LogP contribution in [0.4, 0.5) is 0 Å². The van der Waals surface area contributed by atoms with E-state index in [0.717, 1.165) is 0 Å². The van der Waals surface area contributed by atoms with Crippen molar-refractivity contribution in [2.75, 3.05) is 357 Å². The van der Waals surface area contributed by atoms with Gasteiger partial charge in [-0.1, -0.05) is 0 Å². The van der Waals surface area contributed by atoms with Gasteiger partial charge in [0.05, 0.1) is 337 Å². The Morgan fingerprint density at radius 2 is 0.439 bits per heavy atom. The SMILES string of the molecule is COCCOCCOCCOCCOCCOCCOCCOCCOCCOCCOCCNC(=O)CCOCC(COCCC(N)=O)(COCCC(N)=O)NC(=O)CCOCCOCCOCCOCCOCCOCCOCCOCCOCCOCCOCCOCCN. The van der Waals surface area contributed by atoms with Gasteiger partial charge in [-0.05, 0) is 0 Å².